The number of anilines is 1. The van der Waals surface area contributed by atoms with Gasteiger partial charge in [0.25, 0.3) is 11.8 Å². The Morgan fingerprint density at radius 1 is 1.15 bits per heavy atom. The number of hydrogen-bond donors (Lipinski definition) is 0. The number of carbonyl (C=O) groups excluding carboxylic acids is 2. The van der Waals surface area contributed by atoms with Crippen LogP contribution in [-0.2, 0) is 16.2 Å². The summed E-state index contributed by atoms with van der Waals surface area (Å²) >= 11 is 7.71. The predicted molar refractivity (Wildman–Crippen MR) is 127 cm³/mol. The molecule has 2 heterocycles. The average molecular weight is 483 g/mol. The maximum absolute atomic E-state index is 14.5. The Bertz CT molecular complexity index is 1270. The molecule has 1 spiro atoms. The third-order valence-electron chi connectivity index (χ3n) is 5.98. The van der Waals surface area contributed by atoms with Crippen LogP contribution in [0.2, 0.25) is 5.02 Å². The van der Waals surface area contributed by atoms with Crippen molar-refractivity contribution >= 4 is 40.9 Å². The maximum atomic E-state index is 14.5. The molecule has 0 unspecified atom stereocenters. The lowest BCUT2D eigenvalue weighted by Gasteiger charge is -2.33. The first-order valence-electron chi connectivity index (χ1n) is 10.4. The molecule has 8 heteroatoms. The summed E-state index contributed by atoms with van der Waals surface area (Å²) in [6, 6.07) is 18.6. The number of thioether (sulfide) groups is 1. The number of halogens is 2. The Morgan fingerprint density at radius 3 is 2.76 bits per heavy atom. The van der Waals surface area contributed by atoms with E-state index in [1.807, 2.05) is 24.3 Å². The molecule has 2 aliphatic rings. The number of carbonyl (C=O) groups is 2. The van der Waals surface area contributed by atoms with Crippen molar-refractivity contribution in [2.24, 2.45) is 0 Å². The molecule has 0 N–H and O–H groups in total. The van der Waals surface area contributed by atoms with Gasteiger partial charge < -0.3 is 14.5 Å². The van der Waals surface area contributed by atoms with Crippen LogP contribution in [0.15, 0.2) is 66.7 Å². The maximum Gasteiger partial charge on any atom is 0.268 e. The summed E-state index contributed by atoms with van der Waals surface area (Å²) in [5.41, 5.74) is 2.17. The van der Waals surface area contributed by atoms with Gasteiger partial charge >= 0.3 is 0 Å². The zero-order valence-corrected chi connectivity index (χ0v) is 19.3. The minimum absolute atomic E-state index is 0.0537. The third kappa shape index (κ3) is 3.47. The van der Waals surface area contributed by atoms with Crippen LogP contribution >= 0.6 is 23.4 Å². The van der Waals surface area contributed by atoms with Crippen LogP contribution in [0, 0.1) is 5.82 Å². The molecule has 1 saturated heterocycles. The van der Waals surface area contributed by atoms with Gasteiger partial charge in [-0.3, -0.25) is 9.59 Å². The van der Waals surface area contributed by atoms with Gasteiger partial charge in [0.2, 0.25) is 0 Å². The van der Waals surface area contributed by atoms with Crippen molar-refractivity contribution in [1.29, 1.82) is 0 Å². The van der Waals surface area contributed by atoms with Crippen molar-refractivity contribution in [3.8, 4) is 5.75 Å². The Hall–Kier alpha value is -3.03. The van der Waals surface area contributed by atoms with E-state index in [4.69, 9.17) is 16.3 Å². The van der Waals surface area contributed by atoms with Gasteiger partial charge in [-0.05, 0) is 48.0 Å². The minimum Gasteiger partial charge on any atom is -0.497 e. The molecule has 5 nitrogen and oxygen atoms in total. The van der Waals surface area contributed by atoms with Gasteiger partial charge in [0.1, 0.15) is 11.6 Å². The zero-order valence-electron chi connectivity index (χ0n) is 17.8. The summed E-state index contributed by atoms with van der Waals surface area (Å²) in [5, 5.41) is 0.468. The molecule has 0 aliphatic carbocycles. The number of nitrogens with zero attached hydrogens (tertiary/aromatic N) is 2. The van der Waals surface area contributed by atoms with Gasteiger partial charge in [0, 0.05) is 22.9 Å². The van der Waals surface area contributed by atoms with Crippen molar-refractivity contribution in [3.05, 3.63) is 94.3 Å². The Balaban J connectivity index is 1.60. The third-order valence-corrected chi connectivity index (χ3v) is 7.63. The fourth-order valence-electron chi connectivity index (χ4n) is 4.48. The molecule has 0 saturated carbocycles. The summed E-state index contributed by atoms with van der Waals surface area (Å²) < 4.78 is 19.8. The quantitative estimate of drug-likeness (QED) is 0.520. The molecule has 2 amide bonds. The molecule has 0 bridgehead atoms. The second kappa shape index (κ2) is 8.39. The summed E-state index contributed by atoms with van der Waals surface area (Å²) in [6.07, 6.45) is 0. The topological polar surface area (TPSA) is 49.9 Å². The monoisotopic (exact) mass is 482 g/mol. The first-order chi connectivity index (χ1) is 16.0. The number of methoxy groups -OCH3 is 1. The fourth-order valence-corrected chi connectivity index (χ4v) is 6.10. The van der Waals surface area contributed by atoms with Crippen LogP contribution in [0.25, 0.3) is 0 Å². The molecule has 168 valence electrons. The van der Waals surface area contributed by atoms with E-state index in [0.717, 1.165) is 5.56 Å². The lowest BCUT2D eigenvalue weighted by molar-refractivity contribution is -0.123. The number of amides is 2. The van der Waals surface area contributed by atoms with E-state index in [9.17, 15) is 14.0 Å². The molecule has 3 aromatic carbocycles. The second-order valence-electron chi connectivity index (χ2n) is 7.83. The van der Waals surface area contributed by atoms with Gasteiger partial charge in [-0.15, -0.1) is 11.8 Å². The fraction of sp³-hybridized carbons (Fsp3) is 0.200. The highest BCUT2D eigenvalue weighted by Gasteiger charge is 2.59. The first-order valence-corrected chi connectivity index (χ1v) is 11.8. The van der Waals surface area contributed by atoms with Crippen molar-refractivity contribution < 1.29 is 18.7 Å². The molecular formula is C25H20ClFN2O3S. The molecule has 3 aromatic rings. The van der Waals surface area contributed by atoms with Crippen LogP contribution in [0.5, 0.6) is 5.75 Å². The van der Waals surface area contributed by atoms with E-state index in [2.05, 4.69) is 0 Å². The van der Waals surface area contributed by atoms with Crippen LogP contribution in [0.3, 0.4) is 0 Å². The lowest BCUT2D eigenvalue weighted by atomic mass is 10.0. The van der Waals surface area contributed by atoms with Crippen LogP contribution in [0.4, 0.5) is 10.1 Å². The van der Waals surface area contributed by atoms with E-state index >= 15 is 0 Å². The van der Waals surface area contributed by atoms with Gasteiger partial charge in [-0.1, -0.05) is 35.9 Å². The highest BCUT2D eigenvalue weighted by Crippen LogP contribution is 2.55. The first kappa shape index (κ1) is 21.8. The van der Waals surface area contributed by atoms with Crippen LogP contribution in [0.1, 0.15) is 21.5 Å². The van der Waals surface area contributed by atoms with Crippen LogP contribution < -0.4 is 9.64 Å². The Kier molecular flexibility index (Phi) is 5.54. The zero-order chi connectivity index (χ0) is 23.2. The summed E-state index contributed by atoms with van der Waals surface area (Å²) in [5.74, 6) is -0.128. The van der Waals surface area contributed by atoms with E-state index < -0.39 is 16.6 Å². The molecule has 0 aromatic heterocycles. The number of fused-ring (bicyclic) bond motifs is 2. The van der Waals surface area contributed by atoms with Gasteiger partial charge in [-0.2, -0.15) is 0 Å². The molecule has 33 heavy (non-hydrogen) atoms. The molecule has 2 aliphatic heterocycles. The van der Waals surface area contributed by atoms with E-state index in [1.54, 1.807) is 36.3 Å². The van der Waals surface area contributed by atoms with Gasteiger partial charge in [0.15, 0.2) is 4.87 Å². The molecule has 5 rings (SSSR count). The molecular weight excluding hydrogens is 463 g/mol. The van der Waals surface area contributed by atoms with E-state index in [-0.39, 0.29) is 11.5 Å². The summed E-state index contributed by atoms with van der Waals surface area (Å²) in [7, 11) is 1.59. The number of ether oxygens (including phenoxy) is 1. The van der Waals surface area contributed by atoms with E-state index in [0.29, 0.717) is 40.9 Å². The van der Waals surface area contributed by atoms with Crippen molar-refractivity contribution in [2.75, 3.05) is 24.3 Å². The number of hydrogen-bond acceptors (Lipinski definition) is 4. The average Bonchev–Trinajstić information content (AvgIpc) is 3.36. The number of rotatable bonds is 4. The smallest absolute Gasteiger partial charge is 0.268 e. The largest absolute Gasteiger partial charge is 0.497 e. The summed E-state index contributed by atoms with van der Waals surface area (Å²) in [6.45, 7) is 0.622. The Morgan fingerprint density at radius 2 is 1.97 bits per heavy atom. The molecule has 0 radical (unpaired) electrons. The standard InChI is InChI=1S/C25H20ClFN2O3S/c1-32-18-6-4-5-16(13-18)15-28-22-10-9-17(26)14-20(22)25(24(28)31)29(11-12-33-25)23(30)19-7-2-3-8-21(19)27/h2-10,13-14H,11-12,15H2,1H3/t25-/m0/s1. The van der Waals surface area contributed by atoms with Crippen LogP contribution in [-0.4, -0.2) is 36.1 Å². The molecule has 1 atom stereocenters. The van der Waals surface area contributed by atoms with E-state index in [1.165, 1.54) is 34.9 Å². The number of benzene rings is 3. The second-order valence-corrected chi connectivity index (χ2v) is 9.56. The lowest BCUT2D eigenvalue weighted by Crippen LogP contribution is -2.50. The summed E-state index contributed by atoms with van der Waals surface area (Å²) in [4.78, 5) is 29.4. The SMILES string of the molecule is COc1cccc(CN2C(=O)[C@@]3(SCCN3C(=O)c3ccccc3F)c3cc(Cl)ccc32)c1. The van der Waals surface area contributed by atoms with Crippen molar-refractivity contribution in [1.82, 2.24) is 4.90 Å². The van der Waals surface area contributed by atoms with Gasteiger partial charge in [0.05, 0.1) is 24.9 Å². The highest BCUT2D eigenvalue weighted by molar-refractivity contribution is 8.01. The minimum atomic E-state index is -1.29. The van der Waals surface area contributed by atoms with Crippen molar-refractivity contribution in [3.63, 3.8) is 0 Å². The normalized spacial score (nSPS) is 19.3. The predicted octanol–water partition coefficient (Wildman–Crippen LogP) is 5.08. The van der Waals surface area contributed by atoms with Gasteiger partial charge in [-0.25, -0.2) is 4.39 Å². The highest BCUT2D eigenvalue weighted by atomic mass is 35.5. The van der Waals surface area contributed by atoms with Crippen molar-refractivity contribution in [2.45, 2.75) is 11.4 Å². The Labute approximate surface area is 200 Å². The molecule has 1 fully saturated rings.